The van der Waals surface area contributed by atoms with Crippen molar-refractivity contribution in [2.75, 3.05) is 29.1 Å². The summed E-state index contributed by atoms with van der Waals surface area (Å²) in [6.07, 6.45) is -0.196. The molecule has 0 saturated heterocycles. The van der Waals surface area contributed by atoms with Crippen LogP contribution in [0, 0.1) is 0 Å². The van der Waals surface area contributed by atoms with Gasteiger partial charge in [-0.2, -0.15) is 0 Å². The van der Waals surface area contributed by atoms with E-state index in [4.69, 9.17) is 4.74 Å². The van der Waals surface area contributed by atoms with Gasteiger partial charge in [-0.1, -0.05) is 12.1 Å². The van der Waals surface area contributed by atoms with Crippen molar-refractivity contribution in [1.82, 2.24) is 0 Å². The van der Waals surface area contributed by atoms with E-state index < -0.39 is 27.6 Å². The highest BCUT2D eigenvalue weighted by Gasteiger charge is 2.31. The Bertz CT molecular complexity index is 1050. The second-order valence-electron chi connectivity index (χ2n) is 6.36. The van der Waals surface area contributed by atoms with Gasteiger partial charge >= 0.3 is 5.97 Å². The molecule has 0 aromatic heterocycles. The Balaban J connectivity index is 1.76. The monoisotopic (exact) mass is 416 g/mol. The summed E-state index contributed by atoms with van der Waals surface area (Å²) in [4.78, 5) is 37.8. The summed E-state index contributed by atoms with van der Waals surface area (Å²) < 4.78 is 29.7. The van der Waals surface area contributed by atoms with Crippen LogP contribution in [0.4, 0.5) is 11.4 Å². The minimum atomic E-state index is -3.59. The topological polar surface area (TPSA) is 110 Å². The molecule has 0 unspecified atom stereocenters. The van der Waals surface area contributed by atoms with Crippen LogP contribution in [0.15, 0.2) is 53.4 Å². The van der Waals surface area contributed by atoms with Crippen molar-refractivity contribution in [2.24, 2.45) is 0 Å². The number of benzene rings is 2. The molecule has 0 fully saturated rings. The smallest absolute Gasteiger partial charge is 0.338 e. The van der Waals surface area contributed by atoms with Crippen LogP contribution in [0.25, 0.3) is 0 Å². The fourth-order valence-corrected chi connectivity index (χ4v) is 4.41. The predicted octanol–water partition coefficient (Wildman–Crippen LogP) is 2.01. The summed E-state index contributed by atoms with van der Waals surface area (Å²) in [6, 6.07) is 12.3. The molecule has 2 aromatic rings. The van der Waals surface area contributed by atoms with E-state index in [0.29, 0.717) is 11.3 Å². The molecule has 1 aliphatic rings. The number of hydrogen-bond acceptors (Lipinski definition) is 6. The van der Waals surface area contributed by atoms with Crippen molar-refractivity contribution < 1.29 is 27.5 Å². The molecule has 1 N–H and O–H groups in total. The van der Waals surface area contributed by atoms with Gasteiger partial charge < -0.3 is 15.0 Å². The molecule has 0 spiro atoms. The predicted molar refractivity (Wildman–Crippen MR) is 106 cm³/mol. The summed E-state index contributed by atoms with van der Waals surface area (Å²) in [5, 5.41) is 2.65. The van der Waals surface area contributed by atoms with Gasteiger partial charge in [0.25, 0.3) is 0 Å². The molecule has 1 aliphatic heterocycles. The first kappa shape index (κ1) is 20.5. The molecule has 0 atom stereocenters. The zero-order valence-electron chi connectivity index (χ0n) is 15.8. The number of rotatable bonds is 5. The fraction of sp³-hybridized carbons (Fsp3) is 0.250. The lowest BCUT2D eigenvalue weighted by atomic mass is 10.2. The number of para-hydroxylation sites is 1. The van der Waals surface area contributed by atoms with E-state index in [1.54, 1.807) is 31.2 Å². The second-order valence-corrected chi connectivity index (χ2v) is 8.44. The molecule has 2 amide bonds. The van der Waals surface area contributed by atoms with E-state index >= 15 is 0 Å². The number of carbonyl (C=O) groups is 3. The maximum absolute atomic E-state index is 12.5. The van der Waals surface area contributed by atoms with Crippen LogP contribution < -0.4 is 10.2 Å². The SMILES string of the molecule is CCOC(=O)c1ccc(NC(=O)CN2C(=O)CCS(=O)(=O)c3ccccc32)cc1. The molecule has 8 nitrogen and oxygen atoms in total. The van der Waals surface area contributed by atoms with E-state index in [-0.39, 0.29) is 35.9 Å². The average Bonchev–Trinajstić information content (AvgIpc) is 2.79. The summed E-state index contributed by atoms with van der Waals surface area (Å²) in [5.74, 6) is -1.68. The lowest BCUT2D eigenvalue weighted by molar-refractivity contribution is -0.121. The van der Waals surface area contributed by atoms with Gasteiger partial charge in [-0.25, -0.2) is 13.2 Å². The van der Waals surface area contributed by atoms with Crippen LogP contribution in [-0.4, -0.2) is 45.1 Å². The molecule has 152 valence electrons. The van der Waals surface area contributed by atoms with E-state index in [1.165, 1.54) is 29.2 Å². The number of hydrogen-bond donors (Lipinski definition) is 1. The van der Waals surface area contributed by atoms with E-state index in [2.05, 4.69) is 5.32 Å². The highest BCUT2D eigenvalue weighted by atomic mass is 32.2. The Morgan fingerprint density at radius 2 is 1.79 bits per heavy atom. The minimum absolute atomic E-state index is 0.0393. The quantitative estimate of drug-likeness (QED) is 0.747. The maximum atomic E-state index is 12.5. The summed E-state index contributed by atoms with van der Waals surface area (Å²) in [6.45, 7) is 1.64. The molecule has 0 saturated carbocycles. The summed E-state index contributed by atoms with van der Waals surface area (Å²) >= 11 is 0. The van der Waals surface area contributed by atoms with Gasteiger partial charge in [0, 0.05) is 12.1 Å². The summed E-state index contributed by atoms with van der Waals surface area (Å²) in [7, 11) is -3.59. The number of ether oxygens (including phenoxy) is 1. The van der Waals surface area contributed by atoms with Gasteiger partial charge in [-0.3, -0.25) is 9.59 Å². The number of nitrogens with zero attached hydrogens (tertiary/aromatic N) is 1. The third kappa shape index (κ3) is 4.62. The van der Waals surface area contributed by atoms with Gasteiger partial charge in [0.05, 0.1) is 28.5 Å². The highest BCUT2D eigenvalue weighted by molar-refractivity contribution is 7.91. The second kappa shape index (κ2) is 8.44. The Labute approximate surface area is 168 Å². The third-order valence-electron chi connectivity index (χ3n) is 4.36. The van der Waals surface area contributed by atoms with Crippen LogP contribution in [0.2, 0.25) is 0 Å². The van der Waals surface area contributed by atoms with E-state index in [9.17, 15) is 22.8 Å². The first-order valence-electron chi connectivity index (χ1n) is 9.01. The molecular formula is C20H20N2O6S. The van der Waals surface area contributed by atoms with Gasteiger partial charge in [0.1, 0.15) is 6.54 Å². The first-order chi connectivity index (χ1) is 13.8. The fourth-order valence-electron chi connectivity index (χ4n) is 2.97. The maximum Gasteiger partial charge on any atom is 0.338 e. The molecule has 1 heterocycles. The molecule has 0 radical (unpaired) electrons. The molecule has 9 heteroatoms. The number of esters is 1. The van der Waals surface area contributed by atoms with Crippen LogP contribution in [0.1, 0.15) is 23.7 Å². The normalized spacial score (nSPS) is 15.2. The lowest BCUT2D eigenvalue weighted by Crippen LogP contribution is -2.37. The Morgan fingerprint density at radius 1 is 1.10 bits per heavy atom. The summed E-state index contributed by atoms with van der Waals surface area (Å²) in [5.41, 5.74) is 0.987. The average molecular weight is 416 g/mol. The molecule has 0 aliphatic carbocycles. The molecule has 3 rings (SSSR count). The van der Waals surface area contributed by atoms with Crippen molar-refractivity contribution in [3.8, 4) is 0 Å². The van der Waals surface area contributed by atoms with Crippen molar-refractivity contribution in [3.63, 3.8) is 0 Å². The van der Waals surface area contributed by atoms with Crippen LogP contribution in [0.3, 0.4) is 0 Å². The Hall–Kier alpha value is -3.20. The van der Waals surface area contributed by atoms with E-state index in [0.717, 1.165) is 0 Å². The van der Waals surface area contributed by atoms with Gasteiger partial charge in [-0.15, -0.1) is 0 Å². The van der Waals surface area contributed by atoms with E-state index in [1.807, 2.05) is 0 Å². The molecule has 2 aromatic carbocycles. The third-order valence-corrected chi connectivity index (χ3v) is 6.12. The van der Waals surface area contributed by atoms with Gasteiger partial charge in [-0.05, 0) is 43.3 Å². The number of amides is 2. The number of nitrogens with one attached hydrogen (secondary N) is 1. The number of carbonyl (C=O) groups excluding carboxylic acids is 3. The molecule has 0 bridgehead atoms. The highest BCUT2D eigenvalue weighted by Crippen LogP contribution is 2.30. The van der Waals surface area contributed by atoms with Crippen LogP contribution in [0.5, 0.6) is 0 Å². The van der Waals surface area contributed by atoms with Crippen molar-refractivity contribution in [1.29, 1.82) is 0 Å². The number of anilines is 2. The van der Waals surface area contributed by atoms with Gasteiger partial charge in [0.15, 0.2) is 9.84 Å². The zero-order valence-corrected chi connectivity index (χ0v) is 16.6. The van der Waals surface area contributed by atoms with Crippen molar-refractivity contribution >= 4 is 39.0 Å². The van der Waals surface area contributed by atoms with Gasteiger partial charge in [0.2, 0.25) is 11.8 Å². The molecule has 29 heavy (non-hydrogen) atoms. The zero-order chi connectivity index (χ0) is 21.0. The number of fused-ring (bicyclic) bond motifs is 1. The van der Waals surface area contributed by atoms with Crippen molar-refractivity contribution in [3.05, 3.63) is 54.1 Å². The Kier molecular flexibility index (Phi) is 5.97. The van der Waals surface area contributed by atoms with Crippen LogP contribution >= 0.6 is 0 Å². The largest absolute Gasteiger partial charge is 0.462 e. The lowest BCUT2D eigenvalue weighted by Gasteiger charge is -2.21. The van der Waals surface area contributed by atoms with Crippen LogP contribution in [-0.2, 0) is 24.2 Å². The van der Waals surface area contributed by atoms with Crippen molar-refractivity contribution in [2.45, 2.75) is 18.2 Å². The number of sulfone groups is 1. The minimum Gasteiger partial charge on any atom is -0.462 e. The Morgan fingerprint density at radius 3 is 2.48 bits per heavy atom. The first-order valence-corrected chi connectivity index (χ1v) is 10.7. The standard InChI is InChI=1S/C20H20N2O6S/c1-2-28-20(25)14-7-9-15(10-8-14)21-18(23)13-22-16-5-3-4-6-17(16)29(26,27)12-11-19(22)24/h3-10H,2,11-13H2,1H3,(H,21,23). The molecular weight excluding hydrogens is 396 g/mol.